The van der Waals surface area contributed by atoms with Crippen LogP contribution in [0.4, 0.5) is 0 Å². The molecule has 1 atom stereocenters. The minimum absolute atomic E-state index is 0.351. The third-order valence-corrected chi connectivity index (χ3v) is 4.72. The summed E-state index contributed by atoms with van der Waals surface area (Å²) in [7, 11) is 0. The zero-order valence-electron chi connectivity index (χ0n) is 11.0. The molecule has 3 rings (SSSR count). The Kier molecular flexibility index (Phi) is 3.29. The molecule has 0 radical (unpaired) electrons. The topological polar surface area (TPSA) is 35.2 Å². The second-order valence-electron chi connectivity index (χ2n) is 6.02. The summed E-state index contributed by atoms with van der Waals surface area (Å²) in [4.78, 5) is 0. The van der Waals surface area contributed by atoms with Crippen LogP contribution in [0.1, 0.15) is 44.1 Å². The van der Waals surface area contributed by atoms with E-state index in [1.807, 2.05) is 0 Å². The summed E-state index contributed by atoms with van der Waals surface area (Å²) in [6.45, 7) is 0.823. The molecule has 1 unspecified atom stereocenters. The largest absolute Gasteiger partial charge is 0.490 e. The van der Waals surface area contributed by atoms with Crippen molar-refractivity contribution in [1.82, 2.24) is 0 Å². The van der Waals surface area contributed by atoms with Gasteiger partial charge in [-0.2, -0.15) is 0 Å². The highest BCUT2D eigenvalue weighted by molar-refractivity contribution is 5.37. The predicted octanol–water partition coefficient (Wildman–Crippen LogP) is 3.29. The molecule has 2 nitrogen and oxygen atoms in total. The lowest BCUT2D eigenvalue weighted by atomic mass is 9.70. The summed E-state index contributed by atoms with van der Waals surface area (Å²) in [6, 6.07) is 8.43. The van der Waals surface area contributed by atoms with Crippen molar-refractivity contribution in [3.63, 3.8) is 0 Å². The summed E-state index contributed by atoms with van der Waals surface area (Å²) in [5, 5.41) is 0. The SMILES string of the molecule is NCC1(CC2Cc3ccccc3O2)CCCCC1. The number of hydrogen-bond donors (Lipinski definition) is 1. The molecular formula is C16H23NO. The van der Waals surface area contributed by atoms with Crippen LogP contribution in [0.2, 0.25) is 0 Å². The Bertz CT molecular complexity index is 384. The standard InChI is InChI=1S/C16H23NO/c17-12-16(8-4-1-5-9-16)11-14-10-13-6-2-3-7-15(13)18-14/h2-3,6-7,14H,1,4-5,8-12,17H2. The molecule has 0 spiro atoms. The van der Waals surface area contributed by atoms with E-state index in [4.69, 9.17) is 10.5 Å². The van der Waals surface area contributed by atoms with Crippen LogP contribution >= 0.6 is 0 Å². The van der Waals surface area contributed by atoms with Crippen LogP contribution < -0.4 is 10.5 Å². The number of nitrogens with two attached hydrogens (primary N) is 1. The average Bonchev–Trinajstić information content (AvgIpc) is 2.81. The lowest BCUT2D eigenvalue weighted by Crippen LogP contribution is -2.37. The first-order chi connectivity index (χ1) is 8.81. The van der Waals surface area contributed by atoms with E-state index in [1.165, 1.54) is 37.7 Å². The monoisotopic (exact) mass is 245 g/mol. The lowest BCUT2D eigenvalue weighted by molar-refractivity contribution is 0.103. The number of benzene rings is 1. The van der Waals surface area contributed by atoms with Crippen LogP contribution in [-0.2, 0) is 6.42 Å². The average molecular weight is 245 g/mol. The van der Waals surface area contributed by atoms with Crippen molar-refractivity contribution in [2.45, 2.75) is 51.0 Å². The minimum atomic E-state index is 0.351. The van der Waals surface area contributed by atoms with Gasteiger partial charge in [0.1, 0.15) is 11.9 Å². The first-order valence-corrected chi connectivity index (χ1v) is 7.26. The van der Waals surface area contributed by atoms with Crippen molar-refractivity contribution >= 4 is 0 Å². The maximum Gasteiger partial charge on any atom is 0.123 e. The highest BCUT2D eigenvalue weighted by Gasteiger charge is 2.36. The summed E-state index contributed by atoms with van der Waals surface area (Å²) >= 11 is 0. The second kappa shape index (κ2) is 4.93. The van der Waals surface area contributed by atoms with Crippen molar-refractivity contribution in [3.05, 3.63) is 29.8 Å². The molecular weight excluding hydrogens is 222 g/mol. The summed E-state index contributed by atoms with van der Waals surface area (Å²) in [5.74, 6) is 1.09. The molecule has 2 N–H and O–H groups in total. The van der Waals surface area contributed by atoms with Gasteiger partial charge < -0.3 is 10.5 Å². The predicted molar refractivity (Wildman–Crippen MR) is 73.8 cm³/mol. The molecule has 1 fully saturated rings. The van der Waals surface area contributed by atoms with E-state index in [2.05, 4.69) is 24.3 Å². The molecule has 1 aliphatic carbocycles. The van der Waals surface area contributed by atoms with Crippen LogP contribution in [0.3, 0.4) is 0 Å². The van der Waals surface area contributed by atoms with Crippen LogP contribution in [0, 0.1) is 5.41 Å². The van der Waals surface area contributed by atoms with Crippen molar-refractivity contribution in [2.24, 2.45) is 11.1 Å². The number of fused-ring (bicyclic) bond motifs is 1. The Morgan fingerprint density at radius 1 is 1.17 bits per heavy atom. The molecule has 18 heavy (non-hydrogen) atoms. The van der Waals surface area contributed by atoms with E-state index in [0.717, 1.165) is 25.1 Å². The van der Waals surface area contributed by atoms with Gasteiger partial charge in [0.05, 0.1) is 0 Å². The van der Waals surface area contributed by atoms with Gasteiger partial charge in [-0.15, -0.1) is 0 Å². The van der Waals surface area contributed by atoms with Crippen molar-refractivity contribution < 1.29 is 4.74 Å². The maximum absolute atomic E-state index is 6.08. The molecule has 2 aliphatic rings. The van der Waals surface area contributed by atoms with Gasteiger partial charge in [0, 0.05) is 6.42 Å². The molecule has 0 bridgehead atoms. The fraction of sp³-hybridized carbons (Fsp3) is 0.625. The molecule has 1 saturated carbocycles. The zero-order valence-corrected chi connectivity index (χ0v) is 11.0. The number of rotatable bonds is 3. The minimum Gasteiger partial charge on any atom is -0.490 e. The van der Waals surface area contributed by atoms with Gasteiger partial charge in [-0.1, -0.05) is 37.5 Å². The van der Waals surface area contributed by atoms with Crippen molar-refractivity contribution in [2.75, 3.05) is 6.54 Å². The molecule has 0 amide bonds. The van der Waals surface area contributed by atoms with Crippen LogP contribution in [-0.4, -0.2) is 12.6 Å². The van der Waals surface area contributed by atoms with Gasteiger partial charge in [0.2, 0.25) is 0 Å². The Hall–Kier alpha value is -1.02. The summed E-state index contributed by atoms with van der Waals surface area (Å²) in [6.07, 6.45) is 9.21. The van der Waals surface area contributed by atoms with Gasteiger partial charge in [-0.25, -0.2) is 0 Å². The normalized spacial score (nSPS) is 25.5. The van der Waals surface area contributed by atoms with Crippen molar-refractivity contribution in [1.29, 1.82) is 0 Å². The fourth-order valence-electron chi connectivity index (χ4n) is 3.64. The van der Waals surface area contributed by atoms with Crippen LogP contribution in [0.15, 0.2) is 24.3 Å². The highest BCUT2D eigenvalue weighted by Crippen LogP contribution is 2.42. The molecule has 2 heteroatoms. The number of para-hydroxylation sites is 1. The lowest BCUT2D eigenvalue weighted by Gasteiger charge is -2.37. The third kappa shape index (κ3) is 2.26. The Labute approximate surface area is 110 Å². The van der Waals surface area contributed by atoms with E-state index < -0.39 is 0 Å². The van der Waals surface area contributed by atoms with Crippen molar-refractivity contribution in [3.8, 4) is 5.75 Å². The number of hydrogen-bond acceptors (Lipinski definition) is 2. The van der Waals surface area contributed by atoms with Gasteiger partial charge in [0.25, 0.3) is 0 Å². The first-order valence-electron chi connectivity index (χ1n) is 7.26. The maximum atomic E-state index is 6.08. The molecule has 0 aromatic heterocycles. The summed E-state index contributed by atoms with van der Waals surface area (Å²) < 4.78 is 6.08. The molecule has 0 saturated heterocycles. The fourth-order valence-corrected chi connectivity index (χ4v) is 3.64. The number of ether oxygens (including phenoxy) is 1. The van der Waals surface area contributed by atoms with Gasteiger partial charge in [0.15, 0.2) is 0 Å². The Morgan fingerprint density at radius 3 is 2.67 bits per heavy atom. The molecule has 1 aromatic rings. The zero-order chi connectivity index (χ0) is 12.4. The quantitative estimate of drug-likeness (QED) is 0.887. The van der Waals surface area contributed by atoms with E-state index in [9.17, 15) is 0 Å². The van der Waals surface area contributed by atoms with Gasteiger partial charge >= 0.3 is 0 Å². The second-order valence-corrected chi connectivity index (χ2v) is 6.02. The Balaban J connectivity index is 1.67. The summed E-state index contributed by atoms with van der Waals surface area (Å²) in [5.41, 5.74) is 7.78. The smallest absolute Gasteiger partial charge is 0.123 e. The highest BCUT2D eigenvalue weighted by atomic mass is 16.5. The molecule has 1 heterocycles. The molecule has 98 valence electrons. The van der Waals surface area contributed by atoms with Crippen LogP contribution in [0.5, 0.6) is 5.75 Å². The third-order valence-electron chi connectivity index (χ3n) is 4.72. The Morgan fingerprint density at radius 2 is 1.94 bits per heavy atom. The van der Waals surface area contributed by atoms with E-state index in [-0.39, 0.29) is 0 Å². The van der Waals surface area contributed by atoms with E-state index in [1.54, 1.807) is 0 Å². The van der Waals surface area contributed by atoms with E-state index in [0.29, 0.717) is 11.5 Å². The molecule has 1 aliphatic heterocycles. The van der Waals surface area contributed by atoms with Gasteiger partial charge in [-0.3, -0.25) is 0 Å². The van der Waals surface area contributed by atoms with Gasteiger partial charge in [-0.05, 0) is 42.9 Å². The first kappa shape index (κ1) is 12.0. The van der Waals surface area contributed by atoms with E-state index >= 15 is 0 Å². The van der Waals surface area contributed by atoms with Crippen LogP contribution in [0.25, 0.3) is 0 Å². The molecule has 1 aromatic carbocycles.